The molecular weight excluding hydrogens is 322 g/mol. The van der Waals surface area contributed by atoms with Gasteiger partial charge in [-0.2, -0.15) is 0 Å². The van der Waals surface area contributed by atoms with Crippen LogP contribution in [-0.4, -0.2) is 15.7 Å². The Morgan fingerprint density at radius 3 is 2.65 bits per heavy atom. The minimum absolute atomic E-state index is 0.526. The van der Waals surface area contributed by atoms with Gasteiger partial charge >= 0.3 is 0 Å². The molecule has 1 aliphatic rings. The van der Waals surface area contributed by atoms with Crippen molar-refractivity contribution in [2.75, 3.05) is 0 Å². The highest BCUT2D eigenvalue weighted by Crippen LogP contribution is 2.30. The lowest BCUT2D eigenvalue weighted by molar-refractivity contribution is 0.306. The molecule has 1 aromatic carbocycles. The van der Waals surface area contributed by atoms with Crippen molar-refractivity contribution < 1.29 is 4.74 Å². The van der Waals surface area contributed by atoms with Crippen LogP contribution in [0.3, 0.4) is 0 Å². The topological polar surface area (TPSA) is 53.2 Å². The summed E-state index contributed by atoms with van der Waals surface area (Å²) in [7, 11) is 0. The van der Waals surface area contributed by atoms with Crippen molar-refractivity contribution in [1.82, 2.24) is 9.97 Å². The Morgan fingerprint density at radius 1 is 1.04 bits per heavy atom. The zero-order valence-corrected chi connectivity index (χ0v) is 14.7. The Labute approximate surface area is 153 Å². The Morgan fingerprint density at radius 2 is 1.92 bits per heavy atom. The molecule has 2 aromatic heterocycles. The van der Waals surface area contributed by atoms with Crippen LogP contribution in [0.2, 0.25) is 0 Å². The van der Waals surface area contributed by atoms with Crippen molar-refractivity contribution in [3.63, 3.8) is 0 Å². The Hall–Kier alpha value is -3.27. The van der Waals surface area contributed by atoms with Gasteiger partial charge in [0.15, 0.2) is 0 Å². The third-order valence-corrected chi connectivity index (χ3v) is 4.31. The van der Waals surface area contributed by atoms with Crippen LogP contribution in [-0.2, 0) is 6.61 Å². The van der Waals surface area contributed by atoms with Crippen LogP contribution in [0.25, 0.3) is 17.5 Å². The highest BCUT2D eigenvalue weighted by atomic mass is 16.5. The maximum Gasteiger partial charge on any atom is 0.145 e. The predicted octanol–water partition coefficient (Wildman–Crippen LogP) is 5.35. The summed E-state index contributed by atoms with van der Waals surface area (Å²) < 4.78 is 6.10. The van der Waals surface area contributed by atoms with E-state index in [0.29, 0.717) is 6.61 Å². The number of rotatable bonds is 6. The summed E-state index contributed by atoms with van der Waals surface area (Å²) in [6, 6.07) is 16.2. The monoisotopic (exact) mass is 343 g/mol. The largest absolute Gasteiger partial charge is 0.487 e. The van der Waals surface area contributed by atoms with Crippen molar-refractivity contribution in [1.29, 1.82) is 0 Å². The molecule has 4 rings (SSSR count). The number of benzene rings is 1. The molecule has 130 valence electrons. The van der Waals surface area contributed by atoms with Crippen molar-refractivity contribution in [3.05, 3.63) is 83.8 Å². The summed E-state index contributed by atoms with van der Waals surface area (Å²) in [5.41, 5.74) is 6.11. The molecule has 26 heavy (non-hydrogen) atoms. The zero-order valence-electron chi connectivity index (χ0n) is 14.7. The summed E-state index contributed by atoms with van der Waals surface area (Å²) in [5.74, 6) is 0.819. The molecular formula is C22H21N3O. The van der Waals surface area contributed by atoms with Crippen LogP contribution in [0.15, 0.2) is 77.6 Å². The highest BCUT2D eigenvalue weighted by Gasteiger charge is 2.12. The van der Waals surface area contributed by atoms with Crippen LogP contribution in [0.5, 0.6) is 5.75 Å². The number of aromatic amines is 2. The lowest BCUT2D eigenvalue weighted by atomic mass is 10.2. The molecule has 0 saturated carbocycles. The first-order valence-corrected chi connectivity index (χ1v) is 8.82. The van der Waals surface area contributed by atoms with E-state index in [0.717, 1.165) is 46.2 Å². The van der Waals surface area contributed by atoms with E-state index in [1.54, 1.807) is 0 Å². The second kappa shape index (κ2) is 7.31. The maximum atomic E-state index is 6.10. The molecule has 1 aliphatic heterocycles. The van der Waals surface area contributed by atoms with Crippen molar-refractivity contribution in [3.8, 4) is 17.1 Å². The first-order valence-electron chi connectivity index (χ1n) is 8.82. The third kappa shape index (κ3) is 3.54. The summed E-state index contributed by atoms with van der Waals surface area (Å²) in [6.07, 6.45) is 8.98. The van der Waals surface area contributed by atoms with Gasteiger partial charge in [0.05, 0.1) is 22.8 Å². The quantitative estimate of drug-likeness (QED) is 0.623. The van der Waals surface area contributed by atoms with Crippen LogP contribution >= 0.6 is 0 Å². The second-order valence-corrected chi connectivity index (χ2v) is 6.18. The zero-order chi connectivity index (χ0) is 17.8. The van der Waals surface area contributed by atoms with E-state index < -0.39 is 0 Å². The molecule has 0 spiro atoms. The fourth-order valence-electron chi connectivity index (χ4n) is 2.90. The highest BCUT2D eigenvalue weighted by molar-refractivity contribution is 5.99. The van der Waals surface area contributed by atoms with Gasteiger partial charge in [0.1, 0.15) is 12.4 Å². The van der Waals surface area contributed by atoms with Crippen molar-refractivity contribution >= 4 is 11.8 Å². The van der Waals surface area contributed by atoms with E-state index in [1.807, 2.05) is 54.7 Å². The molecule has 3 heterocycles. The van der Waals surface area contributed by atoms with Crippen LogP contribution in [0, 0.1) is 0 Å². The van der Waals surface area contributed by atoms with Gasteiger partial charge in [-0.1, -0.05) is 37.3 Å². The van der Waals surface area contributed by atoms with E-state index in [2.05, 4.69) is 40.1 Å². The molecule has 0 atom stereocenters. The normalized spacial score (nSPS) is 14.8. The number of hydrogen-bond donors (Lipinski definition) is 2. The van der Waals surface area contributed by atoms with Crippen LogP contribution < -0.4 is 4.74 Å². The van der Waals surface area contributed by atoms with E-state index in [9.17, 15) is 0 Å². The average Bonchev–Trinajstić information content (AvgIpc) is 3.42. The molecule has 3 aromatic rings. The average molecular weight is 343 g/mol. The lowest BCUT2D eigenvalue weighted by Gasteiger charge is -2.05. The molecule has 0 radical (unpaired) electrons. The number of H-pyrrole nitrogens is 2. The van der Waals surface area contributed by atoms with E-state index in [4.69, 9.17) is 4.74 Å². The van der Waals surface area contributed by atoms with Crippen LogP contribution in [0.4, 0.5) is 0 Å². The van der Waals surface area contributed by atoms with Gasteiger partial charge in [-0.15, -0.1) is 0 Å². The fraction of sp³-hybridized carbons (Fsp3) is 0.136. The number of nitrogens with zero attached hydrogens (tertiary/aromatic N) is 1. The summed E-state index contributed by atoms with van der Waals surface area (Å²) in [5, 5.41) is 0. The number of nitrogens with one attached hydrogen (secondary N) is 2. The molecule has 0 bridgehead atoms. The summed E-state index contributed by atoms with van der Waals surface area (Å²) in [6.45, 7) is 2.64. The molecule has 0 saturated heterocycles. The summed E-state index contributed by atoms with van der Waals surface area (Å²) >= 11 is 0. The lowest BCUT2D eigenvalue weighted by Crippen LogP contribution is -1.95. The minimum atomic E-state index is 0.526. The second-order valence-electron chi connectivity index (χ2n) is 6.18. The van der Waals surface area contributed by atoms with Gasteiger partial charge in [-0.05, 0) is 42.3 Å². The van der Waals surface area contributed by atoms with Gasteiger partial charge in [0, 0.05) is 18.0 Å². The number of hydrogen-bond acceptors (Lipinski definition) is 2. The fourth-order valence-corrected chi connectivity index (χ4v) is 2.90. The molecule has 4 heteroatoms. The number of ether oxygens (including phenoxy) is 1. The predicted molar refractivity (Wildman–Crippen MR) is 106 cm³/mol. The minimum Gasteiger partial charge on any atom is -0.487 e. The maximum absolute atomic E-state index is 6.10. The van der Waals surface area contributed by atoms with Crippen LogP contribution in [0.1, 0.15) is 24.6 Å². The van der Waals surface area contributed by atoms with E-state index in [1.165, 1.54) is 0 Å². The molecule has 0 unspecified atom stereocenters. The molecule has 0 aliphatic carbocycles. The smallest absolute Gasteiger partial charge is 0.145 e. The van der Waals surface area contributed by atoms with Crippen molar-refractivity contribution in [2.24, 2.45) is 4.99 Å². The van der Waals surface area contributed by atoms with E-state index >= 15 is 0 Å². The van der Waals surface area contributed by atoms with Crippen molar-refractivity contribution in [2.45, 2.75) is 20.0 Å². The molecule has 4 nitrogen and oxygen atoms in total. The summed E-state index contributed by atoms with van der Waals surface area (Å²) in [4.78, 5) is 11.3. The molecule has 2 N–H and O–H groups in total. The third-order valence-electron chi connectivity index (χ3n) is 4.31. The van der Waals surface area contributed by atoms with Gasteiger partial charge in [-0.25, -0.2) is 0 Å². The standard InChI is InChI=1S/C22H21N3O/c1-2-17-10-11-18(24-17)13-21-22(26-15-16-7-4-3-5-8-16)14-20(25-21)19-9-6-12-23-19/h3-14,23,25H,2,15H2,1H3. The Bertz CT molecular complexity index is 960. The molecule has 0 fully saturated rings. The Balaban J connectivity index is 1.64. The number of allylic oxidation sites excluding steroid dienone is 2. The van der Waals surface area contributed by atoms with Gasteiger partial charge in [-0.3, -0.25) is 4.99 Å². The first-order chi connectivity index (χ1) is 12.8. The number of aromatic nitrogens is 2. The van der Waals surface area contributed by atoms with Gasteiger partial charge < -0.3 is 14.7 Å². The first kappa shape index (κ1) is 16.2. The Kier molecular flexibility index (Phi) is 4.56. The van der Waals surface area contributed by atoms with Gasteiger partial charge in [0.2, 0.25) is 0 Å². The SMILES string of the molecule is CCC1=NC(=Cc2[nH]c(-c3ccc[nH]3)cc2OCc2ccccc2)C=C1. The number of aliphatic imine (C=N–C) groups is 1. The van der Waals surface area contributed by atoms with E-state index in [-0.39, 0.29) is 0 Å². The van der Waals surface area contributed by atoms with Gasteiger partial charge in [0.25, 0.3) is 0 Å². The molecule has 0 amide bonds.